The van der Waals surface area contributed by atoms with E-state index in [0.29, 0.717) is 35.0 Å². The minimum absolute atomic E-state index is 0.0283. The fourth-order valence-electron chi connectivity index (χ4n) is 3.75. The van der Waals surface area contributed by atoms with E-state index in [2.05, 4.69) is 25.0 Å². The topological polar surface area (TPSA) is 88.8 Å². The fourth-order valence-corrected chi connectivity index (χ4v) is 3.75. The van der Waals surface area contributed by atoms with Crippen molar-refractivity contribution in [1.82, 2.24) is 20.1 Å². The molecule has 0 saturated heterocycles. The number of imidazole rings is 1. The second-order valence-electron chi connectivity index (χ2n) is 7.77. The summed E-state index contributed by atoms with van der Waals surface area (Å²) in [5, 5.41) is 10.1. The van der Waals surface area contributed by atoms with Gasteiger partial charge in [-0.1, -0.05) is 11.2 Å². The molecule has 8 nitrogen and oxygen atoms in total. The molecular weight excluding hydrogens is 482 g/mol. The summed E-state index contributed by atoms with van der Waals surface area (Å²) in [4.78, 5) is 7.34. The van der Waals surface area contributed by atoms with E-state index in [9.17, 15) is 17.6 Å². The Kier molecular flexibility index (Phi) is 6.32. The Hall–Kier alpha value is -4.35. The van der Waals surface area contributed by atoms with Crippen LogP contribution < -0.4 is 9.47 Å². The maximum atomic E-state index is 14.2. The van der Waals surface area contributed by atoms with E-state index in [4.69, 9.17) is 9.26 Å². The van der Waals surface area contributed by atoms with Crippen LogP contribution in [0.5, 0.6) is 11.5 Å². The Morgan fingerprint density at radius 3 is 2.81 bits per heavy atom. The first-order valence-electron chi connectivity index (χ1n) is 10.9. The first-order valence-corrected chi connectivity index (χ1v) is 10.9. The Balaban J connectivity index is 1.30. The number of rotatable bonds is 8. The number of nitrogens with zero attached hydrogens (tertiary/aromatic N) is 4. The number of halogens is 4. The van der Waals surface area contributed by atoms with Gasteiger partial charge in [-0.3, -0.25) is 5.01 Å². The van der Waals surface area contributed by atoms with Gasteiger partial charge in [0.1, 0.15) is 17.2 Å². The number of hydrogen-bond acceptors (Lipinski definition) is 7. The Bertz CT molecular complexity index is 1420. The molecule has 1 N–H and O–H groups in total. The van der Waals surface area contributed by atoms with Crippen molar-refractivity contribution in [3.63, 3.8) is 0 Å². The zero-order valence-corrected chi connectivity index (χ0v) is 18.8. The number of aromatic amines is 1. The van der Waals surface area contributed by atoms with Crippen LogP contribution in [-0.4, -0.2) is 39.6 Å². The zero-order chi connectivity index (χ0) is 25.2. The number of benzene rings is 2. The molecule has 2 aromatic heterocycles. The van der Waals surface area contributed by atoms with Crippen LogP contribution in [0.1, 0.15) is 24.1 Å². The van der Waals surface area contributed by atoms with Crippen LogP contribution in [0.4, 0.5) is 17.6 Å². The van der Waals surface area contributed by atoms with Gasteiger partial charge in [0, 0.05) is 11.6 Å². The van der Waals surface area contributed by atoms with Crippen molar-refractivity contribution in [3.8, 4) is 34.1 Å². The smallest absolute Gasteiger partial charge is 0.387 e. The Labute approximate surface area is 202 Å². The Morgan fingerprint density at radius 2 is 2.00 bits per heavy atom. The van der Waals surface area contributed by atoms with Crippen LogP contribution in [0.15, 0.2) is 52.1 Å². The summed E-state index contributed by atoms with van der Waals surface area (Å²) in [6.45, 7) is -0.396. The third-order valence-electron chi connectivity index (χ3n) is 5.35. The van der Waals surface area contributed by atoms with E-state index in [-0.39, 0.29) is 36.0 Å². The molecule has 3 heterocycles. The molecule has 1 aliphatic heterocycles. The van der Waals surface area contributed by atoms with Crippen molar-refractivity contribution < 1.29 is 31.6 Å². The highest BCUT2D eigenvalue weighted by atomic mass is 19.3. The van der Waals surface area contributed by atoms with E-state index in [1.54, 1.807) is 30.1 Å². The number of hydrazone groups is 1. The van der Waals surface area contributed by atoms with Crippen LogP contribution in [0.3, 0.4) is 0 Å². The molecule has 0 bridgehead atoms. The largest absolute Gasteiger partial charge is 0.490 e. The molecule has 5 rings (SSSR count). The summed E-state index contributed by atoms with van der Waals surface area (Å²) in [6, 6.07) is 10.1. The van der Waals surface area contributed by atoms with Gasteiger partial charge in [-0.25, -0.2) is 13.8 Å². The van der Waals surface area contributed by atoms with E-state index >= 15 is 0 Å². The van der Waals surface area contributed by atoms with E-state index in [0.717, 1.165) is 6.07 Å². The lowest BCUT2D eigenvalue weighted by molar-refractivity contribution is -0.0514. The fraction of sp³-hybridized carbons (Fsp3) is 0.208. The zero-order valence-electron chi connectivity index (χ0n) is 18.8. The minimum Gasteiger partial charge on any atom is -0.490 e. The number of nitrogens with one attached hydrogen (secondary N) is 1. The number of hydrogen-bond donors (Lipinski definition) is 1. The highest BCUT2D eigenvalue weighted by Crippen LogP contribution is 2.34. The molecule has 12 heteroatoms. The summed E-state index contributed by atoms with van der Waals surface area (Å²) in [5.41, 5.74) is 2.30. The average Bonchev–Trinajstić information content (AvgIpc) is 3.49. The van der Waals surface area contributed by atoms with Gasteiger partial charge in [-0.05, 0) is 37.3 Å². The van der Waals surface area contributed by atoms with Gasteiger partial charge in [0.15, 0.2) is 28.9 Å². The minimum atomic E-state index is -2.97. The van der Waals surface area contributed by atoms with Crippen molar-refractivity contribution in [2.75, 3.05) is 6.61 Å². The van der Waals surface area contributed by atoms with Crippen LogP contribution in [0.2, 0.25) is 0 Å². The molecule has 0 aliphatic carbocycles. The highest BCUT2D eigenvalue weighted by molar-refractivity contribution is 5.80. The molecule has 2 aromatic carbocycles. The quantitative estimate of drug-likeness (QED) is 0.327. The molecule has 0 fully saturated rings. The van der Waals surface area contributed by atoms with Crippen LogP contribution in [0, 0.1) is 11.6 Å². The normalized spacial score (nSPS) is 12.8. The van der Waals surface area contributed by atoms with Crippen molar-refractivity contribution in [2.45, 2.75) is 26.6 Å². The van der Waals surface area contributed by atoms with E-state index in [1.807, 2.05) is 0 Å². The number of ether oxygens (including phenoxy) is 2. The Morgan fingerprint density at radius 1 is 1.14 bits per heavy atom. The molecule has 0 amide bonds. The lowest BCUT2D eigenvalue weighted by Gasteiger charge is -2.19. The third kappa shape index (κ3) is 4.74. The van der Waals surface area contributed by atoms with E-state index in [1.165, 1.54) is 24.4 Å². The molecule has 0 saturated carbocycles. The first-order chi connectivity index (χ1) is 17.4. The monoisotopic (exact) mass is 501 g/mol. The molecule has 0 atom stereocenters. The molecular formula is C24H19F4N5O3. The summed E-state index contributed by atoms with van der Waals surface area (Å²) >= 11 is 0. The van der Waals surface area contributed by atoms with Crippen molar-refractivity contribution in [1.29, 1.82) is 0 Å². The highest BCUT2D eigenvalue weighted by Gasteiger charge is 2.21. The lowest BCUT2D eigenvalue weighted by Crippen LogP contribution is -2.21. The van der Waals surface area contributed by atoms with Crippen LogP contribution >= 0.6 is 0 Å². The van der Waals surface area contributed by atoms with Gasteiger partial charge in [0.25, 0.3) is 0 Å². The summed E-state index contributed by atoms with van der Waals surface area (Å²) in [5.74, 6) is -1.15. The third-order valence-corrected chi connectivity index (χ3v) is 5.35. The summed E-state index contributed by atoms with van der Waals surface area (Å²) in [6.07, 6.45) is 1.52. The molecule has 0 unspecified atom stereocenters. The van der Waals surface area contributed by atoms with Crippen molar-refractivity contribution in [2.24, 2.45) is 5.10 Å². The number of alkyl halides is 2. The molecule has 0 spiro atoms. The molecule has 1 aliphatic rings. The van der Waals surface area contributed by atoms with Gasteiger partial charge in [0.05, 0.1) is 37.2 Å². The van der Waals surface area contributed by atoms with Gasteiger partial charge in [-0.15, -0.1) is 0 Å². The molecule has 0 radical (unpaired) electrons. The first kappa shape index (κ1) is 23.4. The van der Waals surface area contributed by atoms with Crippen molar-refractivity contribution in [3.05, 3.63) is 71.2 Å². The summed E-state index contributed by atoms with van der Waals surface area (Å²) < 4.78 is 68.4. The number of aromatic nitrogens is 3. The summed E-state index contributed by atoms with van der Waals surface area (Å²) in [7, 11) is 0. The van der Waals surface area contributed by atoms with Crippen LogP contribution in [-0.2, 0) is 13.1 Å². The second-order valence-corrected chi connectivity index (χ2v) is 7.77. The predicted octanol–water partition coefficient (Wildman–Crippen LogP) is 5.36. The van der Waals surface area contributed by atoms with Gasteiger partial charge in [0.2, 0.25) is 0 Å². The van der Waals surface area contributed by atoms with Gasteiger partial charge < -0.3 is 19.0 Å². The number of fused-ring (bicyclic) bond motifs is 1. The molecule has 186 valence electrons. The predicted molar refractivity (Wildman–Crippen MR) is 121 cm³/mol. The lowest BCUT2D eigenvalue weighted by atomic mass is 10.1. The second kappa shape index (κ2) is 9.72. The SMILES string of the molecule is CCOc1cc(-c2cc(CN3Cc4[nH]c(-c5cccc(F)c5F)nc4C=N3)on2)ccc1OC(F)F. The average molecular weight is 501 g/mol. The standard InChI is InChI=1S/C24H19F4N5O3/c1-2-34-21-8-13(6-7-20(21)35-24(27)28)17-9-14(36-32-17)11-33-12-19-18(10-29-33)30-23(31-19)15-4-3-5-16(25)22(15)26/h3-10,24H,2,11-12H2,1H3,(H,30,31). The van der Waals surface area contributed by atoms with Crippen molar-refractivity contribution >= 4 is 6.21 Å². The van der Waals surface area contributed by atoms with Gasteiger partial charge >= 0.3 is 6.61 Å². The van der Waals surface area contributed by atoms with Crippen LogP contribution in [0.25, 0.3) is 22.6 Å². The van der Waals surface area contributed by atoms with E-state index < -0.39 is 18.2 Å². The maximum absolute atomic E-state index is 14.2. The molecule has 4 aromatic rings. The number of H-pyrrole nitrogens is 1. The van der Waals surface area contributed by atoms with Gasteiger partial charge in [-0.2, -0.15) is 13.9 Å². The maximum Gasteiger partial charge on any atom is 0.387 e. The molecule has 36 heavy (non-hydrogen) atoms.